The molecule has 4 rings (SSSR count). The third kappa shape index (κ3) is 4.96. The van der Waals surface area contributed by atoms with Crippen LogP contribution in [0.2, 0.25) is 0 Å². The zero-order valence-corrected chi connectivity index (χ0v) is 18.9. The molecule has 1 fully saturated rings. The summed E-state index contributed by atoms with van der Waals surface area (Å²) in [6.45, 7) is 3.12. The summed E-state index contributed by atoms with van der Waals surface area (Å²) >= 11 is 3.69. The predicted molar refractivity (Wildman–Crippen MR) is 121 cm³/mol. The monoisotopic (exact) mass is 444 g/mol. The normalized spacial score (nSPS) is 21.1. The summed E-state index contributed by atoms with van der Waals surface area (Å²) in [7, 11) is 1.80. The Balaban J connectivity index is 0.00000131. The first kappa shape index (κ1) is 22.9. The molecule has 0 aromatic heterocycles. The van der Waals surface area contributed by atoms with E-state index in [1.807, 2.05) is 11.8 Å². The highest BCUT2D eigenvalue weighted by Crippen LogP contribution is 2.44. The Morgan fingerprint density at radius 2 is 1.78 bits per heavy atom. The van der Waals surface area contributed by atoms with Gasteiger partial charge in [-0.3, -0.25) is 4.90 Å². The van der Waals surface area contributed by atoms with Gasteiger partial charge in [0.05, 0.1) is 20.1 Å². The molecule has 0 saturated carbocycles. The minimum atomic E-state index is -0.105. The number of thioether (sulfide) groups is 1. The topological polar surface area (TPSA) is 26.3 Å². The van der Waals surface area contributed by atoms with Gasteiger partial charge in [0.15, 0.2) is 0 Å². The van der Waals surface area contributed by atoms with Crippen molar-refractivity contribution in [1.29, 1.82) is 0 Å². The predicted octanol–water partition coefficient (Wildman–Crippen LogP) is 5.26. The van der Waals surface area contributed by atoms with Crippen molar-refractivity contribution in [2.24, 2.45) is 0 Å². The van der Waals surface area contributed by atoms with E-state index in [-0.39, 0.29) is 29.5 Å². The van der Waals surface area contributed by atoms with Crippen LogP contribution in [0.4, 0.5) is 0 Å². The first-order valence-corrected chi connectivity index (χ1v) is 10.8. The number of halogens is 2. The Morgan fingerprint density at radius 1 is 1.07 bits per heavy atom. The van der Waals surface area contributed by atoms with Gasteiger partial charge in [-0.1, -0.05) is 30.0 Å². The molecule has 1 saturated heterocycles. The van der Waals surface area contributed by atoms with Gasteiger partial charge >= 0.3 is 0 Å². The van der Waals surface area contributed by atoms with E-state index in [2.05, 4.69) is 53.6 Å². The number of benzene rings is 2. The maximum atomic E-state index is 12.3. The van der Waals surface area contributed by atoms with Gasteiger partial charge in [0.1, 0.15) is 0 Å². The lowest BCUT2D eigenvalue weighted by molar-refractivity contribution is -0.865. The highest BCUT2D eigenvalue weighted by atomic mass is 35.5. The quantitative estimate of drug-likeness (QED) is 0.358. The second-order valence-electron chi connectivity index (χ2n) is 7.11. The summed E-state index contributed by atoms with van der Waals surface area (Å²) in [5, 5.41) is 12.3. The first-order chi connectivity index (χ1) is 12.1. The Bertz CT molecular complexity index is 778. The van der Waals surface area contributed by atoms with E-state index in [4.69, 9.17) is 0 Å². The van der Waals surface area contributed by atoms with E-state index in [1.54, 1.807) is 18.8 Å². The molecule has 0 N–H and O–H groups in total. The molecule has 0 aliphatic carbocycles. The number of quaternary nitrogens is 1. The van der Waals surface area contributed by atoms with Gasteiger partial charge < -0.3 is 9.85 Å². The highest BCUT2D eigenvalue weighted by molar-refractivity contribution is 7.99. The fourth-order valence-electron chi connectivity index (χ4n) is 3.76. The minimum absolute atomic E-state index is 0. The third-order valence-electron chi connectivity index (χ3n) is 5.34. The molecule has 27 heavy (non-hydrogen) atoms. The van der Waals surface area contributed by atoms with Gasteiger partial charge in [-0.25, -0.2) is 0 Å². The van der Waals surface area contributed by atoms with E-state index in [0.29, 0.717) is 19.1 Å². The lowest BCUT2D eigenvalue weighted by Crippen LogP contribution is -2.54. The number of hydrogen-bond acceptors (Lipinski definition) is 4. The van der Waals surface area contributed by atoms with Crippen LogP contribution >= 0.6 is 48.3 Å². The van der Waals surface area contributed by atoms with E-state index in [9.17, 15) is 5.21 Å². The number of piperazine rings is 1. The summed E-state index contributed by atoms with van der Waals surface area (Å²) in [4.78, 5) is 6.57. The molecule has 0 amide bonds. The summed E-state index contributed by atoms with van der Waals surface area (Å²) in [6, 6.07) is 16.0. The van der Waals surface area contributed by atoms with Crippen LogP contribution in [0.3, 0.4) is 0 Å². The zero-order valence-electron chi connectivity index (χ0n) is 15.6. The Morgan fingerprint density at radius 3 is 2.48 bits per heavy atom. The van der Waals surface area contributed by atoms with Gasteiger partial charge in [-0.05, 0) is 48.1 Å². The second kappa shape index (κ2) is 9.40. The largest absolute Gasteiger partial charge is 0.633 e. The number of rotatable bonds is 2. The van der Waals surface area contributed by atoms with Gasteiger partial charge in [-0.2, -0.15) is 0 Å². The van der Waals surface area contributed by atoms with Crippen molar-refractivity contribution < 1.29 is 4.65 Å². The molecule has 2 aromatic carbocycles. The van der Waals surface area contributed by atoms with Gasteiger partial charge in [-0.15, -0.1) is 36.6 Å². The second-order valence-corrected chi connectivity index (χ2v) is 9.08. The Kier molecular flexibility index (Phi) is 7.97. The molecule has 1 atom stereocenters. The van der Waals surface area contributed by atoms with Crippen molar-refractivity contribution >= 4 is 48.3 Å². The van der Waals surface area contributed by atoms with Crippen LogP contribution in [0, 0.1) is 5.21 Å². The van der Waals surface area contributed by atoms with Crippen LogP contribution < -0.4 is 0 Å². The molecular formula is C20H26Cl2N2OS2. The molecule has 0 spiro atoms. The van der Waals surface area contributed by atoms with E-state index < -0.39 is 0 Å². The third-order valence-corrected chi connectivity index (χ3v) is 7.28. The van der Waals surface area contributed by atoms with Crippen molar-refractivity contribution in [1.82, 2.24) is 4.90 Å². The van der Waals surface area contributed by atoms with Crippen LogP contribution in [0.1, 0.15) is 17.2 Å². The fourth-order valence-corrected chi connectivity index (χ4v) is 5.32. The standard InChI is InChI=1S/C20H24N2OS2.2ClH/c1-22(23)11-9-21(10-12-22)18-13-15-5-3-4-6-19(15)25-20-8-7-16(24-2)14-17(18)20;;/h3-8,14,18H,9-13H2,1-2H3;2*1H. The Labute approximate surface area is 182 Å². The van der Waals surface area contributed by atoms with E-state index in [0.717, 1.165) is 19.5 Å². The van der Waals surface area contributed by atoms with Crippen LogP contribution in [0.15, 0.2) is 57.2 Å². The molecule has 2 heterocycles. The molecule has 7 heteroatoms. The van der Waals surface area contributed by atoms with Crippen molar-refractivity contribution in [2.45, 2.75) is 27.1 Å². The molecule has 1 unspecified atom stereocenters. The summed E-state index contributed by atoms with van der Waals surface area (Å²) < 4.78 is -0.105. The number of likely N-dealkylation sites (N-methyl/N-ethyl adjacent to an activating group) is 1. The highest BCUT2D eigenvalue weighted by Gasteiger charge is 2.32. The molecule has 0 radical (unpaired) electrons. The van der Waals surface area contributed by atoms with Crippen molar-refractivity contribution in [3.05, 3.63) is 58.8 Å². The fraction of sp³-hybridized carbons (Fsp3) is 0.400. The average molecular weight is 445 g/mol. The average Bonchev–Trinajstić information content (AvgIpc) is 2.78. The van der Waals surface area contributed by atoms with Crippen molar-refractivity contribution in [3.63, 3.8) is 0 Å². The lowest BCUT2D eigenvalue weighted by atomic mass is 9.96. The number of fused-ring (bicyclic) bond motifs is 2. The SMILES string of the molecule is CSc1ccc2c(c1)C(N1CC[N+](C)([O-])CC1)Cc1ccccc1S2.Cl.Cl. The van der Waals surface area contributed by atoms with Gasteiger partial charge in [0, 0.05) is 33.8 Å². The number of hydroxylamine groups is 3. The summed E-state index contributed by atoms with van der Waals surface area (Å²) in [5.41, 5.74) is 2.85. The molecule has 148 valence electrons. The van der Waals surface area contributed by atoms with Crippen LogP contribution in [-0.2, 0) is 6.42 Å². The first-order valence-electron chi connectivity index (χ1n) is 8.79. The molecule has 2 aliphatic heterocycles. The van der Waals surface area contributed by atoms with E-state index in [1.165, 1.54) is 25.8 Å². The maximum Gasteiger partial charge on any atom is 0.0911 e. The maximum absolute atomic E-state index is 12.3. The van der Waals surface area contributed by atoms with Crippen LogP contribution in [-0.4, -0.2) is 49.0 Å². The van der Waals surface area contributed by atoms with E-state index >= 15 is 0 Å². The van der Waals surface area contributed by atoms with Crippen LogP contribution in [0.25, 0.3) is 0 Å². The minimum Gasteiger partial charge on any atom is -0.633 e. The summed E-state index contributed by atoms with van der Waals surface area (Å²) in [6.07, 6.45) is 3.16. The summed E-state index contributed by atoms with van der Waals surface area (Å²) in [5.74, 6) is 0. The smallest absolute Gasteiger partial charge is 0.0911 e. The van der Waals surface area contributed by atoms with Gasteiger partial charge in [0.2, 0.25) is 0 Å². The molecule has 2 aliphatic rings. The molecule has 2 aromatic rings. The lowest BCUT2D eigenvalue weighted by Gasteiger charge is -2.47. The molecule has 3 nitrogen and oxygen atoms in total. The zero-order chi connectivity index (χ0) is 17.4. The molecule has 0 bridgehead atoms. The number of hydrogen-bond donors (Lipinski definition) is 0. The van der Waals surface area contributed by atoms with Gasteiger partial charge in [0.25, 0.3) is 0 Å². The number of nitrogens with zero attached hydrogens (tertiary/aromatic N) is 2. The molecular weight excluding hydrogens is 419 g/mol. The van der Waals surface area contributed by atoms with Crippen LogP contribution in [0.5, 0.6) is 0 Å². The van der Waals surface area contributed by atoms with Crippen molar-refractivity contribution in [3.8, 4) is 0 Å². The van der Waals surface area contributed by atoms with Crippen molar-refractivity contribution in [2.75, 3.05) is 39.5 Å². The Hall–Kier alpha value is -0.400.